The van der Waals surface area contributed by atoms with Crippen LogP contribution in [0.15, 0.2) is 70.5 Å². The molecule has 1 heterocycles. The van der Waals surface area contributed by atoms with E-state index in [9.17, 15) is 14.0 Å². The molecule has 160 valence electrons. The fourth-order valence-corrected chi connectivity index (χ4v) is 4.54. The lowest BCUT2D eigenvalue weighted by molar-refractivity contribution is -0.133. The third-order valence-corrected chi connectivity index (χ3v) is 6.55. The van der Waals surface area contributed by atoms with Gasteiger partial charge in [0.25, 0.3) is 5.91 Å². The summed E-state index contributed by atoms with van der Waals surface area (Å²) in [6.45, 7) is 0.848. The van der Waals surface area contributed by atoms with Crippen molar-refractivity contribution < 1.29 is 14.0 Å². The van der Waals surface area contributed by atoms with Gasteiger partial charge in [-0.3, -0.25) is 9.59 Å². The van der Waals surface area contributed by atoms with Gasteiger partial charge in [0.05, 0.1) is 6.54 Å². The van der Waals surface area contributed by atoms with Crippen LogP contribution in [0.25, 0.3) is 0 Å². The minimum absolute atomic E-state index is 0.0303. The second-order valence-electron chi connectivity index (χ2n) is 7.63. The van der Waals surface area contributed by atoms with Crippen molar-refractivity contribution in [3.63, 3.8) is 0 Å². The second-order valence-corrected chi connectivity index (χ2v) is 9.58. The van der Waals surface area contributed by atoms with Crippen LogP contribution in [0, 0.1) is 5.82 Å². The molecule has 1 fully saturated rings. The number of amides is 2. The Morgan fingerprint density at radius 3 is 2.45 bits per heavy atom. The minimum atomic E-state index is -0.306. The number of hydrogen-bond acceptors (Lipinski definition) is 3. The van der Waals surface area contributed by atoms with Gasteiger partial charge in [-0.05, 0) is 60.2 Å². The number of carbonyl (C=O) groups is 2. The standard InChI is InChI=1S/C24H22BrFN2O2S/c25-19-4-1-3-18(13-19)24(30)28(21-10-11-21)16-23(29)27(15-22-5-2-12-31-22)14-17-6-8-20(26)9-7-17/h1-9,12-13,21H,10-11,14-16H2. The van der Waals surface area contributed by atoms with Crippen molar-refractivity contribution in [3.8, 4) is 0 Å². The SMILES string of the molecule is O=C(CN(C(=O)c1cccc(Br)c1)C1CC1)N(Cc1ccc(F)cc1)Cc1cccs1. The molecule has 0 bridgehead atoms. The molecule has 2 amide bonds. The van der Waals surface area contributed by atoms with Gasteiger partial charge in [-0.15, -0.1) is 11.3 Å². The molecule has 1 aromatic heterocycles. The van der Waals surface area contributed by atoms with Crippen molar-refractivity contribution in [2.24, 2.45) is 0 Å². The summed E-state index contributed by atoms with van der Waals surface area (Å²) in [6.07, 6.45) is 1.83. The summed E-state index contributed by atoms with van der Waals surface area (Å²) in [4.78, 5) is 31.0. The molecule has 0 atom stereocenters. The molecular weight excluding hydrogens is 479 g/mol. The van der Waals surface area contributed by atoms with E-state index in [1.807, 2.05) is 29.6 Å². The summed E-state index contributed by atoms with van der Waals surface area (Å²) >= 11 is 4.99. The van der Waals surface area contributed by atoms with E-state index in [4.69, 9.17) is 0 Å². The maximum atomic E-state index is 13.3. The van der Waals surface area contributed by atoms with Gasteiger partial charge in [0, 0.05) is 27.5 Å². The van der Waals surface area contributed by atoms with Gasteiger partial charge in [-0.25, -0.2) is 4.39 Å². The van der Waals surface area contributed by atoms with E-state index in [1.54, 1.807) is 45.4 Å². The molecule has 0 unspecified atom stereocenters. The van der Waals surface area contributed by atoms with Crippen LogP contribution in [0.2, 0.25) is 0 Å². The maximum absolute atomic E-state index is 13.3. The van der Waals surface area contributed by atoms with Crippen molar-refractivity contribution in [2.45, 2.75) is 32.0 Å². The molecule has 0 radical (unpaired) electrons. The first-order valence-electron chi connectivity index (χ1n) is 10.1. The van der Waals surface area contributed by atoms with Crippen molar-refractivity contribution in [3.05, 3.63) is 92.3 Å². The fourth-order valence-electron chi connectivity index (χ4n) is 3.42. The Morgan fingerprint density at radius 1 is 1.03 bits per heavy atom. The molecule has 7 heteroatoms. The van der Waals surface area contributed by atoms with Crippen molar-refractivity contribution in [2.75, 3.05) is 6.54 Å². The Hall–Kier alpha value is -2.51. The summed E-state index contributed by atoms with van der Waals surface area (Å²) in [7, 11) is 0. The number of halogens is 2. The average Bonchev–Trinajstić information content (AvgIpc) is 3.48. The van der Waals surface area contributed by atoms with E-state index in [0.29, 0.717) is 18.7 Å². The quantitative estimate of drug-likeness (QED) is 0.410. The van der Waals surface area contributed by atoms with E-state index < -0.39 is 0 Å². The van der Waals surface area contributed by atoms with Crippen molar-refractivity contribution in [1.29, 1.82) is 0 Å². The smallest absolute Gasteiger partial charge is 0.254 e. The number of thiophene rings is 1. The molecule has 0 spiro atoms. The molecular formula is C24H22BrFN2O2S. The molecule has 0 saturated heterocycles. The molecule has 2 aromatic carbocycles. The Balaban J connectivity index is 1.53. The fraction of sp³-hybridized carbons (Fsp3) is 0.250. The zero-order chi connectivity index (χ0) is 21.8. The number of hydrogen-bond donors (Lipinski definition) is 0. The first kappa shape index (κ1) is 21.7. The number of rotatable bonds is 8. The Bertz CT molecular complexity index is 1050. The van der Waals surface area contributed by atoms with Gasteiger partial charge >= 0.3 is 0 Å². The van der Waals surface area contributed by atoms with Crippen LogP contribution in [0.5, 0.6) is 0 Å². The highest BCUT2D eigenvalue weighted by Gasteiger charge is 2.35. The van der Waals surface area contributed by atoms with Crippen LogP contribution in [0.1, 0.15) is 33.6 Å². The van der Waals surface area contributed by atoms with E-state index in [-0.39, 0.29) is 30.2 Å². The third kappa shape index (κ3) is 5.80. The molecule has 31 heavy (non-hydrogen) atoms. The van der Waals surface area contributed by atoms with E-state index >= 15 is 0 Å². The van der Waals surface area contributed by atoms with Crippen LogP contribution in [-0.4, -0.2) is 34.2 Å². The number of carbonyl (C=O) groups excluding carboxylic acids is 2. The van der Waals surface area contributed by atoms with Crippen molar-refractivity contribution >= 4 is 39.1 Å². The molecule has 0 N–H and O–H groups in total. The molecule has 0 aliphatic heterocycles. The lowest BCUT2D eigenvalue weighted by Crippen LogP contribution is -2.43. The average molecular weight is 501 g/mol. The number of nitrogens with zero attached hydrogens (tertiary/aromatic N) is 2. The van der Waals surface area contributed by atoms with Crippen LogP contribution in [-0.2, 0) is 17.9 Å². The zero-order valence-corrected chi connectivity index (χ0v) is 19.2. The monoisotopic (exact) mass is 500 g/mol. The highest BCUT2D eigenvalue weighted by atomic mass is 79.9. The molecule has 1 aliphatic rings. The van der Waals surface area contributed by atoms with Gasteiger partial charge in [0.15, 0.2) is 0 Å². The summed E-state index contributed by atoms with van der Waals surface area (Å²) in [5, 5.41) is 1.98. The van der Waals surface area contributed by atoms with Gasteiger partial charge in [-0.2, -0.15) is 0 Å². The lowest BCUT2D eigenvalue weighted by atomic mass is 10.2. The Kier molecular flexibility index (Phi) is 6.83. The van der Waals surface area contributed by atoms with Crippen LogP contribution in [0.4, 0.5) is 4.39 Å². The van der Waals surface area contributed by atoms with Crippen LogP contribution < -0.4 is 0 Å². The first-order chi connectivity index (χ1) is 15.0. The highest BCUT2D eigenvalue weighted by Crippen LogP contribution is 2.29. The molecule has 4 nitrogen and oxygen atoms in total. The lowest BCUT2D eigenvalue weighted by Gasteiger charge is -2.28. The summed E-state index contributed by atoms with van der Waals surface area (Å²) in [5.41, 5.74) is 1.42. The first-order valence-corrected chi connectivity index (χ1v) is 11.8. The van der Waals surface area contributed by atoms with Crippen LogP contribution in [0.3, 0.4) is 0 Å². The van der Waals surface area contributed by atoms with Crippen molar-refractivity contribution in [1.82, 2.24) is 9.80 Å². The Labute approximate surface area is 193 Å². The predicted molar refractivity (Wildman–Crippen MR) is 123 cm³/mol. The second kappa shape index (κ2) is 9.75. The van der Waals surface area contributed by atoms with E-state index in [2.05, 4.69) is 15.9 Å². The molecule has 3 aromatic rings. The molecule has 4 rings (SSSR count). The number of benzene rings is 2. The zero-order valence-electron chi connectivity index (χ0n) is 16.8. The van der Waals surface area contributed by atoms with Gasteiger partial charge in [0.2, 0.25) is 5.91 Å². The Morgan fingerprint density at radius 2 is 1.81 bits per heavy atom. The van der Waals surface area contributed by atoms with Crippen LogP contribution >= 0.6 is 27.3 Å². The highest BCUT2D eigenvalue weighted by molar-refractivity contribution is 9.10. The van der Waals surface area contributed by atoms with E-state index in [0.717, 1.165) is 27.8 Å². The molecule has 1 aliphatic carbocycles. The topological polar surface area (TPSA) is 40.6 Å². The molecule has 1 saturated carbocycles. The summed E-state index contributed by atoms with van der Waals surface area (Å²) in [6, 6.07) is 17.5. The maximum Gasteiger partial charge on any atom is 0.254 e. The predicted octanol–water partition coefficient (Wildman–Crippen LogP) is 5.48. The minimum Gasteiger partial charge on any atom is -0.332 e. The normalized spacial score (nSPS) is 13.1. The van der Waals surface area contributed by atoms with Gasteiger partial charge in [-0.1, -0.05) is 40.2 Å². The van der Waals surface area contributed by atoms with Gasteiger partial charge in [0.1, 0.15) is 12.4 Å². The third-order valence-electron chi connectivity index (χ3n) is 5.19. The summed E-state index contributed by atoms with van der Waals surface area (Å²) < 4.78 is 14.1. The summed E-state index contributed by atoms with van der Waals surface area (Å²) in [5.74, 6) is -0.553. The van der Waals surface area contributed by atoms with E-state index in [1.165, 1.54) is 12.1 Å². The van der Waals surface area contributed by atoms with Gasteiger partial charge < -0.3 is 9.80 Å². The largest absolute Gasteiger partial charge is 0.332 e.